The van der Waals surface area contributed by atoms with Crippen LogP contribution in [0.5, 0.6) is 0 Å². The van der Waals surface area contributed by atoms with Crippen molar-refractivity contribution in [2.45, 2.75) is 149 Å². The summed E-state index contributed by atoms with van der Waals surface area (Å²) in [6.45, 7) is 0. The lowest BCUT2D eigenvalue weighted by Gasteiger charge is -1.02. The van der Waals surface area contributed by atoms with Crippen LogP contribution in [0.15, 0.2) is 0 Å². The molecule has 0 radical (unpaired) electrons. The van der Waals surface area contributed by atoms with Crippen molar-refractivity contribution in [1.82, 2.24) is 0 Å². The largest absolute Gasteiger partial charge is 0.231 e. The van der Waals surface area contributed by atoms with Crippen LogP contribution in [0.2, 0.25) is 0 Å². The zero-order valence-corrected chi connectivity index (χ0v) is 2.82. The molecule has 0 unspecified atom stereocenters. The molecule has 0 aliphatic carbocycles. The molecule has 0 saturated heterocycles. The summed E-state index contributed by atoms with van der Waals surface area (Å²) in [7, 11) is 0. The maximum Gasteiger partial charge on any atom is 0.231 e. The average Bonchev–Trinajstić information content (AvgIpc) is 1.39. The van der Waals surface area contributed by atoms with E-state index in [1.54, 1.807) is 0 Å². The van der Waals surface area contributed by atoms with Crippen molar-refractivity contribution in [3.05, 3.63) is 0 Å². The Bertz CT molecular complexity index is 74.1. The number of hydrogen-bond acceptors (Lipinski definition) is 4. The number of hydrogen-bond donors (Lipinski definition) is 2. The lowest BCUT2D eigenvalue weighted by molar-refractivity contribution is 0.562. The van der Waals surface area contributed by atoms with E-state index in [1.165, 1.54) is 0 Å². The van der Waals surface area contributed by atoms with Crippen molar-refractivity contribution in [1.29, 1.82) is 10.8 Å². The molecule has 192 valence electrons. The van der Waals surface area contributed by atoms with Gasteiger partial charge in [0, 0.05) is 0 Å². The molecule has 0 aliphatic rings. The van der Waals surface area contributed by atoms with Crippen LogP contribution in [0, 0.1) is 10.8 Å². The van der Waals surface area contributed by atoms with Crippen LogP contribution in [-0.2, 0) is 9.59 Å². The van der Waals surface area contributed by atoms with Gasteiger partial charge in [-0.1, -0.05) is 149 Å². The minimum Gasteiger partial charge on any atom is -0.222 e. The number of isocyanates is 2. The Morgan fingerprint density at radius 2 is 0.269 bits per heavy atom. The van der Waals surface area contributed by atoms with E-state index >= 15 is 0 Å². The van der Waals surface area contributed by atoms with Gasteiger partial charge in [-0.2, -0.15) is 0 Å². The molecule has 0 aromatic carbocycles. The first-order valence-electron chi connectivity index (χ1n) is 0.908. The van der Waals surface area contributed by atoms with Crippen LogP contribution in [0.25, 0.3) is 0 Å². The lowest BCUT2D eigenvalue weighted by atomic mass is 11.7. The van der Waals surface area contributed by atoms with Crippen molar-refractivity contribution >= 4 is 12.2 Å². The summed E-state index contributed by atoms with van der Waals surface area (Å²) in [5.74, 6) is 0. The van der Waals surface area contributed by atoms with Gasteiger partial charge in [0.1, 0.15) is 0 Å². The first kappa shape index (κ1) is 1830. The molecule has 0 fully saturated rings. The minimum atomic E-state index is 0. The molecule has 2 N–H and O–H groups in total. The Labute approximate surface area is 181 Å². The SMILES string of the molecule is C.C.C.C.C.C.C.C.C.C.C.C.C.C.C.C.C.C.C.C.N=C=O.N=C=O. The minimum absolute atomic E-state index is 0. The van der Waals surface area contributed by atoms with E-state index in [4.69, 9.17) is 20.4 Å². The standard InChI is InChI=1S/2CHNO.20CH4/c2*2-1-3;;;;;;;;;;;;;;;;;;;;/h2*2H;20*1H4. The quantitative estimate of drug-likeness (QED) is 0.309. The molecule has 0 amide bonds. The molecule has 0 atom stereocenters. The van der Waals surface area contributed by atoms with Crippen LogP contribution < -0.4 is 0 Å². The van der Waals surface area contributed by atoms with Crippen molar-refractivity contribution < 1.29 is 9.59 Å². The topological polar surface area (TPSA) is 81.8 Å². The van der Waals surface area contributed by atoms with Gasteiger partial charge in [0.15, 0.2) is 0 Å². The van der Waals surface area contributed by atoms with Crippen molar-refractivity contribution in [2.75, 3.05) is 0 Å². The summed E-state index contributed by atoms with van der Waals surface area (Å²) in [4.78, 5) is 16.7. The summed E-state index contributed by atoms with van der Waals surface area (Å²) < 4.78 is 0. The van der Waals surface area contributed by atoms with Gasteiger partial charge in [0.05, 0.1) is 0 Å². The highest BCUT2D eigenvalue weighted by Gasteiger charge is 1.04. The molecule has 26 heavy (non-hydrogen) atoms. The second-order valence-electron chi connectivity index (χ2n) is 0.204. The molecule has 0 saturated carbocycles. The van der Waals surface area contributed by atoms with Gasteiger partial charge in [-0.25, -0.2) is 20.4 Å². The second-order valence-corrected chi connectivity index (χ2v) is 0.204. The highest BCUT2D eigenvalue weighted by atomic mass is 16.1. The second kappa shape index (κ2) is 21300. The zero-order valence-electron chi connectivity index (χ0n) is 2.82. The van der Waals surface area contributed by atoms with Crippen LogP contribution in [0.4, 0.5) is 0 Å². The molecule has 0 bridgehead atoms. The van der Waals surface area contributed by atoms with Crippen molar-refractivity contribution in [2.24, 2.45) is 0 Å². The molecule has 0 rings (SSSR count). The molecule has 0 aliphatic heterocycles. The lowest BCUT2D eigenvalue weighted by Crippen LogP contribution is -1.16. The summed E-state index contributed by atoms with van der Waals surface area (Å²) in [5.41, 5.74) is 0. The monoisotopic (exact) mass is 407 g/mol. The van der Waals surface area contributed by atoms with Crippen LogP contribution >= 0.6 is 0 Å². The Morgan fingerprint density at radius 3 is 0.269 bits per heavy atom. The average molecular weight is 407 g/mol. The molecule has 0 spiro atoms. The number of nitrogens with one attached hydrogen (secondary N) is 2. The Hall–Kier alpha value is -1.24. The normalized spacial score (nSPS) is 0.615. The van der Waals surface area contributed by atoms with E-state index in [0.717, 1.165) is 12.2 Å². The number of carbonyl (C=O) groups excluding carboxylic acids is 2. The third kappa shape index (κ3) is 7010. The zero-order chi connectivity index (χ0) is 5.41. The fraction of sp³-hybridized carbons (Fsp3) is 0.909. The molecule has 0 heterocycles. The van der Waals surface area contributed by atoms with Gasteiger partial charge in [-0.3, -0.25) is 0 Å². The van der Waals surface area contributed by atoms with E-state index in [1.807, 2.05) is 0 Å². The smallest absolute Gasteiger partial charge is 0.222 e. The van der Waals surface area contributed by atoms with E-state index in [0.29, 0.717) is 0 Å². The van der Waals surface area contributed by atoms with Gasteiger partial charge in [0.2, 0.25) is 12.2 Å². The van der Waals surface area contributed by atoms with E-state index in [2.05, 4.69) is 0 Å². The van der Waals surface area contributed by atoms with Crippen molar-refractivity contribution in [3.8, 4) is 0 Å². The summed E-state index contributed by atoms with van der Waals surface area (Å²) in [6.07, 6.45) is 1.50. The highest BCUT2D eigenvalue weighted by Crippen LogP contribution is 0.871. The van der Waals surface area contributed by atoms with Crippen molar-refractivity contribution in [3.63, 3.8) is 0 Å². The Kier molecular flexibility index (Phi) is 1500000. The predicted molar refractivity (Wildman–Crippen MR) is 151 cm³/mol. The molecular formula is C22H82N2O2. The summed E-state index contributed by atoms with van der Waals surface area (Å²) >= 11 is 0. The molecule has 4 nitrogen and oxygen atoms in total. The van der Waals surface area contributed by atoms with Gasteiger partial charge in [-0.15, -0.1) is 0 Å². The molecule has 0 aromatic heterocycles. The fourth-order valence-electron chi connectivity index (χ4n) is 0. The van der Waals surface area contributed by atoms with Gasteiger partial charge >= 0.3 is 0 Å². The third-order valence-corrected chi connectivity index (χ3v) is 0. The first-order valence-corrected chi connectivity index (χ1v) is 0.908. The Morgan fingerprint density at radius 1 is 0.269 bits per heavy atom. The Balaban J connectivity index is -0.000000000348. The number of rotatable bonds is 0. The van der Waals surface area contributed by atoms with Gasteiger partial charge in [0.25, 0.3) is 0 Å². The van der Waals surface area contributed by atoms with Crippen LogP contribution in [0.3, 0.4) is 0 Å². The third-order valence-electron chi connectivity index (χ3n) is 0. The van der Waals surface area contributed by atoms with Crippen LogP contribution in [0.1, 0.15) is 149 Å². The van der Waals surface area contributed by atoms with E-state index in [9.17, 15) is 0 Å². The van der Waals surface area contributed by atoms with E-state index < -0.39 is 0 Å². The fourth-order valence-corrected chi connectivity index (χ4v) is 0. The van der Waals surface area contributed by atoms with Gasteiger partial charge in [-0.05, 0) is 0 Å². The van der Waals surface area contributed by atoms with Crippen LogP contribution in [-0.4, -0.2) is 12.2 Å². The molecular weight excluding hydrogens is 324 g/mol. The predicted octanol–water partition coefficient (Wildman–Crippen LogP) is 12.5. The summed E-state index contributed by atoms with van der Waals surface area (Å²) in [6, 6.07) is 0. The maximum absolute atomic E-state index is 8.35. The van der Waals surface area contributed by atoms with Gasteiger partial charge < -0.3 is 0 Å². The molecule has 0 aromatic rings. The summed E-state index contributed by atoms with van der Waals surface area (Å²) in [5, 5.41) is 10.8. The highest BCUT2D eigenvalue weighted by molar-refractivity contribution is 5.26. The first-order chi connectivity index (χ1) is 2.83. The van der Waals surface area contributed by atoms with E-state index in [-0.39, 0.29) is 149 Å². The molecule has 4 heteroatoms. The maximum atomic E-state index is 8.35.